The molecule has 232 valence electrons. The summed E-state index contributed by atoms with van der Waals surface area (Å²) in [6.07, 6.45) is -1.01. The number of allylic oxidation sites excluding steroid dienone is 2. The van der Waals surface area contributed by atoms with Gasteiger partial charge in [-0.1, -0.05) is 43.7 Å². The molecule has 8 nitrogen and oxygen atoms in total. The van der Waals surface area contributed by atoms with Gasteiger partial charge in [0.25, 0.3) is 0 Å². The molecule has 2 heterocycles. The summed E-state index contributed by atoms with van der Waals surface area (Å²) in [5, 5.41) is 13.7. The number of ether oxygens (including phenoxy) is 2. The lowest BCUT2D eigenvalue weighted by Crippen LogP contribution is -2.72. The predicted molar refractivity (Wildman–Crippen MR) is 152 cm³/mol. The highest BCUT2D eigenvalue weighted by Gasteiger charge is 2.80. The predicted octanol–water partition coefficient (Wildman–Crippen LogP) is 5.20. The summed E-state index contributed by atoms with van der Waals surface area (Å²) in [7, 11) is 0. The van der Waals surface area contributed by atoms with Gasteiger partial charge in [0.2, 0.25) is 5.12 Å². The van der Waals surface area contributed by atoms with Gasteiger partial charge in [-0.3, -0.25) is 14.4 Å². The van der Waals surface area contributed by atoms with Crippen molar-refractivity contribution >= 4 is 40.4 Å². The molecule has 7 rings (SSSR count). The number of fused-ring (bicyclic) bond motifs is 7. The molecule has 0 spiro atoms. The van der Waals surface area contributed by atoms with Crippen molar-refractivity contribution in [2.45, 2.75) is 75.1 Å². The summed E-state index contributed by atoms with van der Waals surface area (Å²) in [6, 6.07) is 7.28. The Kier molecular flexibility index (Phi) is 6.88. The number of halogens is 3. The number of alkyl halides is 2. The van der Waals surface area contributed by atoms with E-state index in [1.165, 1.54) is 12.2 Å². The Morgan fingerprint density at radius 3 is 2.60 bits per heavy atom. The van der Waals surface area contributed by atoms with E-state index in [4.69, 9.17) is 25.9 Å². The van der Waals surface area contributed by atoms with Crippen molar-refractivity contribution in [3.63, 3.8) is 0 Å². The van der Waals surface area contributed by atoms with Crippen molar-refractivity contribution in [2.24, 2.45) is 34.5 Å². The zero-order chi connectivity index (χ0) is 30.5. The maximum Gasteiger partial charge on any atom is 0.509 e. The van der Waals surface area contributed by atoms with Crippen molar-refractivity contribution in [2.75, 3.05) is 13.2 Å². The second kappa shape index (κ2) is 9.97. The van der Waals surface area contributed by atoms with E-state index in [1.807, 2.05) is 19.1 Å². The standard InChI is InChI=1S/C31H34ClF2NO7S/c1-28-8-7-19(36)10-22(28)23(33)11-21-20-9-17-14-35(13-16-3-5-18(32)6-4-16)42-31(17,26(38)43-25-15-40-27(39)41-25)29(20,2)12-24(37)30(21,28)34/h3-8,17,20-25,37H,9-15H2,1-2H3/t17-,20-,21-,22?,23-,24-,25?,28-,29-,30-,31-/m0/s1. The normalized spacial score (nSPS) is 46.9. The van der Waals surface area contributed by atoms with Crippen LogP contribution in [0.1, 0.15) is 45.1 Å². The number of aliphatic hydroxyl groups excluding tert-OH is 1. The molecule has 3 saturated carbocycles. The first-order valence-corrected chi connectivity index (χ1v) is 16.0. The van der Waals surface area contributed by atoms with Crippen LogP contribution in [0.3, 0.4) is 0 Å². The second-order valence-electron chi connectivity index (χ2n) is 13.5. The van der Waals surface area contributed by atoms with Gasteiger partial charge in [-0.15, -0.1) is 0 Å². The van der Waals surface area contributed by atoms with E-state index < -0.39 is 69.6 Å². The molecular formula is C31H34ClF2NO7S. The third-order valence-electron chi connectivity index (χ3n) is 11.5. The van der Waals surface area contributed by atoms with Gasteiger partial charge in [0.1, 0.15) is 18.4 Å². The molecule has 2 saturated heterocycles. The summed E-state index contributed by atoms with van der Waals surface area (Å²) < 4.78 is 43.7. The number of aliphatic hydroxyl groups is 1. The minimum atomic E-state index is -2.20. The molecule has 0 aromatic heterocycles. The summed E-state index contributed by atoms with van der Waals surface area (Å²) >= 11 is 6.88. The van der Waals surface area contributed by atoms with Crippen molar-refractivity contribution < 1.29 is 42.6 Å². The van der Waals surface area contributed by atoms with E-state index in [1.54, 1.807) is 24.1 Å². The number of hydroxylamine groups is 2. The molecule has 4 aliphatic carbocycles. The summed E-state index contributed by atoms with van der Waals surface area (Å²) in [4.78, 5) is 44.9. The Morgan fingerprint density at radius 2 is 1.91 bits per heavy atom. The summed E-state index contributed by atoms with van der Waals surface area (Å²) in [5.74, 6) is -2.91. The lowest BCUT2D eigenvalue weighted by molar-refractivity contribution is -0.278. The molecular weight excluding hydrogens is 604 g/mol. The van der Waals surface area contributed by atoms with Crippen LogP contribution in [0.4, 0.5) is 13.6 Å². The van der Waals surface area contributed by atoms with Gasteiger partial charge in [-0.05, 0) is 60.7 Å². The Labute approximate surface area is 257 Å². The van der Waals surface area contributed by atoms with Crippen LogP contribution in [0.25, 0.3) is 0 Å². The molecule has 0 amide bonds. The van der Waals surface area contributed by atoms with Gasteiger partial charge in [0.15, 0.2) is 16.8 Å². The highest BCUT2D eigenvalue weighted by molar-refractivity contribution is 8.14. The zero-order valence-corrected chi connectivity index (χ0v) is 25.4. The number of thioether (sulfide) groups is 1. The Hall–Kier alpha value is -2.05. The Balaban J connectivity index is 1.27. The molecule has 2 unspecified atom stereocenters. The van der Waals surface area contributed by atoms with Crippen LogP contribution in [-0.4, -0.2) is 69.4 Å². The fourth-order valence-corrected chi connectivity index (χ4v) is 10.8. The van der Waals surface area contributed by atoms with Crippen LogP contribution in [-0.2, 0) is 30.4 Å². The van der Waals surface area contributed by atoms with E-state index in [9.17, 15) is 19.5 Å². The van der Waals surface area contributed by atoms with Gasteiger partial charge in [-0.2, -0.15) is 5.06 Å². The fourth-order valence-electron chi connectivity index (χ4n) is 9.55. The fraction of sp³-hybridized carbons (Fsp3) is 0.645. The lowest BCUT2D eigenvalue weighted by atomic mass is 9.43. The van der Waals surface area contributed by atoms with Gasteiger partial charge in [0, 0.05) is 53.1 Å². The van der Waals surface area contributed by atoms with Crippen molar-refractivity contribution in [1.82, 2.24) is 5.06 Å². The second-order valence-corrected chi connectivity index (χ2v) is 15.1. The van der Waals surface area contributed by atoms with E-state index in [0.717, 1.165) is 17.3 Å². The van der Waals surface area contributed by atoms with Crippen LogP contribution in [0.2, 0.25) is 5.02 Å². The van der Waals surface area contributed by atoms with Gasteiger partial charge in [-0.25, -0.2) is 13.6 Å². The zero-order valence-electron chi connectivity index (χ0n) is 23.8. The van der Waals surface area contributed by atoms with Crippen LogP contribution >= 0.6 is 23.4 Å². The number of carbonyl (C=O) groups is 3. The third-order valence-corrected chi connectivity index (χ3v) is 12.8. The van der Waals surface area contributed by atoms with E-state index in [2.05, 4.69) is 0 Å². The largest absolute Gasteiger partial charge is 0.509 e. The van der Waals surface area contributed by atoms with Crippen molar-refractivity contribution in [3.05, 3.63) is 47.0 Å². The van der Waals surface area contributed by atoms with Crippen LogP contribution in [0, 0.1) is 34.5 Å². The highest BCUT2D eigenvalue weighted by Crippen LogP contribution is 2.73. The molecule has 11 atom stereocenters. The first-order chi connectivity index (χ1) is 20.3. The number of ketones is 1. The number of benzene rings is 1. The molecule has 1 aromatic carbocycles. The van der Waals surface area contributed by atoms with Crippen LogP contribution in [0.15, 0.2) is 36.4 Å². The molecule has 1 N–H and O–H groups in total. The summed E-state index contributed by atoms with van der Waals surface area (Å²) in [5.41, 5.74) is -6.10. The molecule has 43 heavy (non-hydrogen) atoms. The number of nitrogens with zero attached hydrogens (tertiary/aromatic N) is 1. The van der Waals surface area contributed by atoms with E-state index in [0.29, 0.717) is 24.5 Å². The van der Waals surface area contributed by atoms with Crippen LogP contribution < -0.4 is 0 Å². The first kappa shape index (κ1) is 29.6. The number of rotatable bonds is 4. The molecule has 6 aliphatic rings. The topological polar surface area (TPSA) is 102 Å². The average molecular weight is 638 g/mol. The Bertz CT molecular complexity index is 1400. The summed E-state index contributed by atoms with van der Waals surface area (Å²) in [6.45, 7) is 4.09. The molecule has 1 aromatic rings. The molecule has 2 aliphatic heterocycles. The van der Waals surface area contributed by atoms with Gasteiger partial charge < -0.3 is 14.6 Å². The Morgan fingerprint density at radius 1 is 1.16 bits per heavy atom. The van der Waals surface area contributed by atoms with Crippen molar-refractivity contribution in [1.29, 1.82) is 0 Å². The lowest BCUT2D eigenvalue weighted by Gasteiger charge is -2.64. The van der Waals surface area contributed by atoms with Crippen LogP contribution in [0.5, 0.6) is 0 Å². The number of cyclic esters (lactones) is 2. The first-order valence-electron chi connectivity index (χ1n) is 14.8. The molecule has 12 heteroatoms. The van der Waals surface area contributed by atoms with E-state index in [-0.39, 0.29) is 36.8 Å². The highest BCUT2D eigenvalue weighted by atomic mass is 35.5. The quantitative estimate of drug-likeness (QED) is 0.446. The monoisotopic (exact) mass is 637 g/mol. The van der Waals surface area contributed by atoms with Gasteiger partial charge in [0.05, 0.1) is 6.10 Å². The smallest absolute Gasteiger partial charge is 0.429 e. The maximum absolute atomic E-state index is 17.7. The molecule has 0 radical (unpaired) electrons. The number of hydrogen-bond donors (Lipinski definition) is 1. The van der Waals surface area contributed by atoms with Gasteiger partial charge >= 0.3 is 6.16 Å². The minimum absolute atomic E-state index is 0.0930. The van der Waals surface area contributed by atoms with E-state index >= 15 is 8.78 Å². The SMILES string of the molecule is C[C@]12C=CC(=O)CC1[C@@H](F)C[C@H]1[C@@H]3C[C@H]4CN(Cc5ccc(Cl)cc5)O[C@@]4(C(=O)SC4COC(=O)O4)[C@@]3(C)C[C@H](O)[C@@]12F. The number of hydrogen-bond acceptors (Lipinski definition) is 9. The van der Waals surface area contributed by atoms with Crippen molar-refractivity contribution in [3.8, 4) is 0 Å². The molecule has 0 bridgehead atoms. The maximum atomic E-state index is 17.7. The minimum Gasteiger partial charge on any atom is -0.429 e. The average Bonchev–Trinajstić information content (AvgIpc) is 3.60. The third kappa shape index (κ3) is 4.07. The number of carbonyl (C=O) groups excluding carboxylic acids is 3. The molecule has 5 fully saturated rings.